The maximum atomic E-state index is 3.65. The van der Waals surface area contributed by atoms with Crippen LogP contribution in [0.4, 0.5) is 0 Å². The summed E-state index contributed by atoms with van der Waals surface area (Å²) in [5.74, 6) is 0. The number of nitrogens with zero attached hydrogens (tertiary/aromatic N) is 1. The molecule has 0 amide bonds. The number of unbranched alkanes of at least 4 members (excludes halogenated alkanes) is 1. The Balaban J connectivity index is 2.12. The van der Waals surface area contributed by atoms with Crippen LogP contribution in [-0.2, 0) is 0 Å². The Morgan fingerprint density at radius 1 is 1.23 bits per heavy atom. The molecule has 0 saturated heterocycles. The van der Waals surface area contributed by atoms with Gasteiger partial charge >= 0.3 is 0 Å². The van der Waals surface area contributed by atoms with Crippen LogP contribution in [-0.4, -0.2) is 32.1 Å². The molecule has 2 heteroatoms. The molecule has 2 rings (SSSR count). The number of rotatable bonds is 8. The quantitative estimate of drug-likeness (QED) is 0.715. The van der Waals surface area contributed by atoms with E-state index in [1.54, 1.807) is 0 Å². The van der Waals surface area contributed by atoms with Crippen LogP contribution >= 0.6 is 0 Å². The first-order valence-electron chi connectivity index (χ1n) is 8.48. The van der Waals surface area contributed by atoms with Gasteiger partial charge in [0.15, 0.2) is 0 Å². The summed E-state index contributed by atoms with van der Waals surface area (Å²) < 4.78 is 0. The second kappa shape index (κ2) is 8.30. The Bertz CT molecular complexity index is 540. The van der Waals surface area contributed by atoms with Crippen molar-refractivity contribution in [1.29, 1.82) is 0 Å². The van der Waals surface area contributed by atoms with Gasteiger partial charge in [0, 0.05) is 12.6 Å². The van der Waals surface area contributed by atoms with Crippen LogP contribution in [0, 0.1) is 0 Å². The van der Waals surface area contributed by atoms with E-state index >= 15 is 0 Å². The van der Waals surface area contributed by atoms with Crippen LogP contribution in [0.25, 0.3) is 5.57 Å². The van der Waals surface area contributed by atoms with Gasteiger partial charge in [-0.3, -0.25) is 0 Å². The van der Waals surface area contributed by atoms with E-state index in [2.05, 4.69) is 74.6 Å². The summed E-state index contributed by atoms with van der Waals surface area (Å²) in [7, 11) is 4.25. The minimum atomic E-state index is 0.404. The highest BCUT2D eigenvalue weighted by molar-refractivity contribution is 5.75. The molecule has 1 aliphatic rings. The molecule has 1 aliphatic carbocycles. The maximum Gasteiger partial charge on any atom is 0.0297 e. The van der Waals surface area contributed by atoms with E-state index in [0.717, 1.165) is 19.5 Å². The molecule has 0 heterocycles. The third-order valence-electron chi connectivity index (χ3n) is 4.20. The van der Waals surface area contributed by atoms with Crippen molar-refractivity contribution in [3.05, 3.63) is 53.1 Å². The molecule has 22 heavy (non-hydrogen) atoms. The summed E-state index contributed by atoms with van der Waals surface area (Å²) in [6.07, 6.45) is 8.27. The lowest BCUT2D eigenvalue weighted by Gasteiger charge is -2.18. The van der Waals surface area contributed by atoms with E-state index in [1.165, 1.54) is 35.1 Å². The van der Waals surface area contributed by atoms with Gasteiger partial charge in [-0.15, -0.1) is 0 Å². The number of allylic oxidation sites excluding steroid dienone is 2. The Morgan fingerprint density at radius 3 is 2.73 bits per heavy atom. The van der Waals surface area contributed by atoms with Crippen molar-refractivity contribution in [2.45, 2.75) is 39.2 Å². The highest BCUT2D eigenvalue weighted by Crippen LogP contribution is 2.32. The molecule has 0 aliphatic heterocycles. The van der Waals surface area contributed by atoms with E-state index in [1.807, 2.05) is 0 Å². The fourth-order valence-electron chi connectivity index (χ4n) is 3.02. The summed E-state index contributed by atoms with van der Waals surface area (Å²) in [4.78, 5) is 2.23. The van der Waals surface area contributed by atoms with Crippen molar-refractivity contribution in [2.24, 2.45) is 0 Å². The standard InChI is InChI=1S/C20H30N2/c1-5-6-13-21-16(2)19-9-7-8-10-20(19)18-12-11-17(14-18)15-22(3)4/h7-11,14,16,21H,5-6,12-13,15H2,1-4H3. The summed E-state index contributed by atoms with van der Waals surface area (Å²) in [6, 6.07) is 9.25. The van der Waals surface area contributed by atoms with Crippen LogP contribution in [0.5, 0.6) is 0 Å². The average molecular weight is 298 g/mol. The average Bonchev–Trinajstić information content (AvgIpc) is 2.95. The van der Waals surface area contributed by atoms with Gasteiger partial charge in [-0.1, -0.05) is 49.8 Å². The van der Waals surface area contributed by atoms with Gasteiger partial charge in [0.1, 0.15) is 0 Å². The molecule has 1 N–H and O–H groups in total. The molecule has 0 fully saturated rings. The monoisotopic (exact) mass is 298 g/mol. The zero-order chi connectivity index (χ0) is 15.9. The van der Waals surface area contributed by atoms with Gasteiger partial charge in [-0.2, -0.15) is 0 Å². The fraction of sp³-hybridized carbons (Fsp3) is 0.500. The minimum Gasteiger partial charge on any atom is -0.310 e. The first kappa shape index (κ1) is 17.0. The van der Waals surface area contributed by atoms with Crippen molar-refractivity contribution in [2.75, 3.05) is 27.2 Å². The summed E-state index contributed by atoms with van der Waals surface area (Å²) in [6.45, 7) is 6.63. The number of hydrogen-bond acceptors (Lipinski definition) is 2. The predicted molar refractivity (Wildman–Crippen MR) is 97.0 cm³/mol. The number of likely N-dealkylation sites (N-methyl/N-ethyl adjacent to an activating group) is 1. The number of benzene rings is 1. The van der Waals surface area contributed by atoms with E-state index in [-0.39, 0.29) is 0 Å². The van der Waals surface area contributed by atoms with Crippen LogP contribution in [0.3, 0.4) is 0 Å². The topological polar surface area (TPSA) is 15.3 Å². The highest BCUT2D eigenvalue weighted by atomic mass is 15.0. The van der Waals surface area contributed by atoms with E-state index in [0.29, 0.717) is 6.04 Å². The normalized spacial score (nSPS) is 15.9. The Hall–Kier alpha value is -1.38. The molecule has 1 atom stereocenters. The van der Waals surface area contributed by atoms with Crippen LogP contribution < -0.4 is 5.32 Å². The second-order valence-electron chi connectivity index (χ2n) is 6.51. The zero-order valence-corrected chi connectivity index (χ0v) is 14.5. The van der Waals surface area contributed by atoms with Crippen molar-refractivity contribution >= 4 is 5.57 Å². The second-order valence-corrected chi connectivity index (χ2v) is 6.51. The SMILES string of the molecule is CCCCNC(C)c1ccccc1C1=CC(CN(C)C)=CC1. The van der Waals surface area contributed by atoms with Gasteiger partial charge in [0.2, 0.25) is 0 Å². The molecule has 0 aromatic heterocycles. The smallest absolute Gasteiger partial charge is 0.0297 e. The molecule has 2 nitrogen and oxygen atoms in total. The molecular formula is C20H30N2. The summed E-state index contributed by atoms with van der Waals surface area (Å²) in [5.41, 5.74) is 5.71. The number of nitrogens with one attached hydrogen (secondary N) is 1. The molecule has 1 aromatic rings. The lowest BCUT2D eigenvalue weighted by molar-refractivity contribution is 0.449. The minimum absolute atomic E-state index is 0.404. The van der Waals surface area contributed by atoms with Gasteiger partial charge in [0.25, 0.3) is 0 Å². The molecule has 0 saturated carbocycles. The Morgan fingerprint density at radius 2 is 2.00 bits per heavy atom. The van der Waals surface area contributed by atoms with Gasteiger partial charge in [-0.25, -0.2) is 0 Å². The van der Waals surface area contributed by atoms with Crippen molar-refractivity contribution in [1.82, 2.24) is 10.2 Å². The molecule has 120 valence electrons. The van der Waals surface area contributed by atoms with E-state index in [4.69, 9.17) is 0 Å². The van der Waals surface area contributed by atoms with E-state index < -0.39 is 0 Å². The highest BCUT2D eigenvalue weighted by Gasteiger charge is 2.15. The Labute approximate surface area is 135 Å². The first-order valence-corrected chi connectivity index (χ1v) is 8.48. The zero-order valence-electron chi connectivity index (χ0n) is 14.5. The van der Waals surface area contributed by atoms with Crippen LogP contribution in [0.2, 0.25) is 0 Å². The third-order valence-corrected chi connectivity index (χ3v) is 4.20. The molecule has 1 aromatic carbocycles. The van der Waals surface area contributed by atoms with Gasteiger partial charge in [0.05, 0.1) is 0 Å². The first-order chi connectivity index (χ1) is 10.6. The maximum absolute atomic E-state index is 3.65. The molecule has 0 spiro atoms. The molecular weight excluding hydrogens is 268 g/mol. The summed E-state index contributed by atoms with van der Waals surface area (Å²) in [5, 5.41) is 3.65. The predicted octanol–water partition coefficient (Wildman–Crippen LogP) is 4.41. The molecule has 0 radical (unpaired) electrons. The Kier molecular flexibility index (Phi) is 6.41. The van der Waals surface area contributed by atoms with Crippen molar-refractivity contribution < 1.29 is 0 Å². The lowest BCUT2D eigenvalue weighted by Crippen LogP contribution is -2.20. The van der Waals surface area contributed by atoms with Crippen LogP contribution in [0.15, 0.2) is 42.0 Å². The largest absolute Gasteiger partial charge is 0.310 e. The van der Waals surface area contributed by atoms with Gasteiger partial charge in [-0.05, 0) is 62.7 Å². The number of hydrogen-bond donors (Lipinski definition) is 1. The van der Waals surface area contributed by atoms with Crippen LogP contribution in [0.1, 0.15) is 50.3 Å². The van der Waals surface area contributed by atoms with E-state index in [9.17, 15) is 0 Å². The lowest BCUT2D eigenvalue weighted by atomic mass is 9.94. The van der Waals surface area contributed by atoms with Gasteiger partial charge < -0.3 is 10.2 Å². The fourth-order valence-corrected chi connectivity index (χ4v) is 3.02. The molecule has 1 unspecified atom stereocenters. The van der Waals surface area contributed by atoms with Crippen molar-refractivity contribution in [3.63, 3.8) is 0 Å². The third kappa shape index (κ3) is 4.56. The summed E-state index contributed by atoms with van der Waals surface area (Å²) >= 11 is 0. The molecule has 0 bridgehead atoms. The van der Waals surface area contributed by atoms with Crippen molar-refractivity contribution in [3.8, 4) is 0 Å².